The van der Waals surface area contributed by atoms with Crippen molar-refractivity contribution >= 4 is 28.6 Å². The minimum absolute atomic E-state index is 0.166. The van der Waals surface area contributed by atoms with E-state index in [4.69, 9.17) is 0 Å². The first kappa shape index (κ1) is 15.0. The minimum Gasteiger partial charge on any atom is -0.307 e. The first-order valence-electron chi connectivity index (χ1n) is 7.65. The first-order chi connectivity index (χ1) is 11.1. The highest BCUT2D eigenvalue weighted by molar-refractivity contribution is 6.03. The van der Waals surface area contributed by atoms with E-state index >= 15 is 0 Å². The first-order valence-corrected chi connectivity index (χ1v) is 7.65. The maximum Gasteiger partial charge on any atom is 0.249 e. The van der Waals surface area contributed by atoms with Crippen molar-refractivity contribution in [1.82, 2.24) is 9.78 Å². The molecule has 23 heavy (non-hydrogen) atoms. The molecule has 0 atom stereocenters. The predicted molar refractivity (Wildman–Crippen MR) is 94.2 cm³/mol. The Hall–Kier alpha value is -2.88. The van der Waals surface area contributed by atoms with Crippen molar-refractivity contribution in [3.8, 4) is 0 Å². The normalized spacial score (nSPS) is 11.4. The second-order valence-electron chi connectivity index (χ2n) is 5.65. The number of aromatic nitrogens is 2. The van der Waals surface area contributed by atoms with Crippen LogP contribution in [0.3, 0.4) is 0 Å². The van der Waals surface area contributed by atoms with Gasteiger partial charge in [-0.25, -0.2) is 4.68 Å². The highest BCUT2D eigenvalue weighted by Gasteiger charge is 2.07. The Morgan fingerprint density at radius 2 is 1.91 bits per heavy atom. The molecule has 0 radical (unpaired) electrons. The summed E-state index contributed by atoms with van der Waals surface area (Å²) >= 11 is 0. The second kappa shape index (κ2) is 6.48. The van der Waals surface area contributed by atoms with Crippen LogP contribution in [0.15, 0.2) is 60.8 Å². The van der Waals surface area contributed by atoms with Gasteiger partial charge in [0.25, 0.3) is 0 Å². The van der Waals surface area contributed by atoms with Gasteiger partial charge in [-0.1, -0.05) is 42.5 Å². The molecule has 0 bridgehead atoms. The van der Waals surface area contributed by atoms with Crippen molar-refractivity contribution in [3.63, 3.8) is 0 Å². The maximum atomic E-state index is 12.2. The lowest BCUT2D eigenvalue weighted by atomic mass is 10.0. The quantitative estimate of drug-likeness (QED) is 0.732. The van der Waals surface area contributed by atoms with Crippen LogP contribution in [0.4, 0.5) is 5.82 Å². The van der Waals surface area contributed by atoms with Crippen LogP contribution in [0.1, 0.15) is 25.5 Å². The van der Waals surface area contributed by atoms with Crippen molar-refractivity contribution < 1.29 is 4.79 Å². The smallest absolute Gasteiger partial charge is 0.249 e. The van der Waals surface area contributed by atoms with E-state index in [1.54, 1.807) is 23.0 Å². The van der Waals surface area contributed by atoms with Gasteiger partial charge >= 0.3 is 0 Å². The van der Waals surface area contributed by atoms with Crippen LogP contribution in [-0.2, 0) is 4.79 Å². The molecule has 0 fully saturated rings. The zero-order valence-electron chi connectivity index (χ0n) is 13.2. The molecular weight excluding hydrogens is 286 g/mol. The molecule has 3 rings (SSSR count). The highest BCUT2D eigenvalue weighted by Crippen LogP contribution is 2.19. The van der Waals surface area contributed by atoms with E-state index in [2.05, 4.69) is 28.6 Å². The van der Waals surface area contributed by atoms with Crippen LogP contribution in [0.2, 0.25) is 0 Å². The Kier molecular flexibility index (Phi) is 4.24. The van der Waals surface area contributed by atoms with Gasteiger partial charge in [-0.05, 0) is 36.3 Å². The average Bonchev–Trinajstić information content (AvgIpc) is 3.01. The number of carbonyl (C=O) groups excluding carboxylic acids is 1. The van der Waals surface area contributed by atoms with E-state index in [9.17, 15) is 4.79 Å². The predicted octanol–water partition coefficient (Wildman–Crippen LogP) is 4.27. The summed E-state index contributed by atoms with van der Waals surface area (Å²) in [6.07, 6.45) is 5.08. The molecule has 4 heteroatoms. The fraction of sp³-hybridized carbons (Fsp3) is 0.158. The maximum absolute atomic E-state index is 12.2. The molecule has 116 valence electrons. The lowest BCUT2D eigenvalue weighted by molar-refractivity contribution is -0.111. The van der Waals surface area contributed by atoms with Crippen LogP contribution < -0.4 is 5.32 Å². The standard InChI is InChI=1S/C19H19N3O/c1-14(2)22-18(12-13-20-22)21-19(23)11-10-16-8-5-7-15-6-3-4-9-17(15)16/h3-14H,1-2H3,(H,21,23)/b11-10+. The van der Waals surface area contributed by atoms with Crippen LogP contribution in [-0.4, -0.2) is 15.7 Å². The topological polar surface area (TPSA) is 46.9 Å². The Bertz CT molecular complexity index is 856. The van der Waals surface area contributed by atoms with Gasteiger partial charge in [0.2, 0.25) is 5.91 Å². The number of benzene rings is 2. The third-order valence-corrected chi connectivity index (χ3v) is 3.65. The molecule has 0 saturated carbocycles. The Morgan fingerprint density at radius 3 is 2.74 bits per heavy atom. The lowest BCUT2D eigenvalue weighted by Gasteiger charge is -2.10. The number of anilines is 1. The van der Waals surface area contributed by atoms with Crippen molar-refractivity contribution in [2.75, 3.05) is 5.32 Å². The lowest BCUT2D eigenvalue weighted by Crippen LogP contribution is -2.14. The summed E-state index contributed by atoms with van der Waals surface area (Å²) in [5.74, 6) is 0.535. The van der Waals surface area contributed by atoms with Crippen molar-refractivity contribution in [2.24, 2.45) is 0 Å². The summed E-state index contributed by atoms with van der Waals surface area (Å²) in [7, 11) is 0. The second-order valence-corrected chi connectivity index (χ2v) is 5.65. The van der Waals surface area contributed by atoms with Crippen molar-refractivity contribution in [3.05, 3.63) is 66.4 Å². The number of amides is 1. The van der Waals surface area contributed by atoms with Gasteiger partial charge in [-0.3, -0.25) is 4.79 Å². The average molecular weight is 305 g/mol. The summed E-state index contributed by atoms with van der Waals surface area (Å²) < 4.78 is 1.78. The van der Waals surface area contributed by atoms with Gasteiger partial charge in [0.1, 0.15) is 5.82 Å². The van der Waals surface area contributed by atoms with E-state index < -0.39 is 0 Å². The Labute approximate surface area is 135 Å². The van der Waals surface area contributed by atoms with Crippen LogP contribution >= 0.6 is 0 Å². The number of fused-ring (bicyclic) bond motifs is 1. The number of nitrogens with one attached hydrogen (secondary N) is 1. The minimum atomic E-state index is -0.166. The largest absolute Gasteiger partial charge is 0.307 e. The van der Waals surface area contributed by atoms with Crippen molar-refractivity contribution in [1.29, 1.82) is 0 Å². The number of hydrogen-bond acceptors (Lipinski definition) is 2. The molecule has 0 aliphatic heterocycles. The molecule has 1 amide bonds. The highest BCUT2D eigenvalue weighted by atomic mass is 16.1. The summed E-state index contributed by atoms with van der Waals surface area (Å²) in [6.45, 7) is 4.04. The van der Waals surface area contributed by atoms with Gasteiger partial charge in [0.05, 0.1) is 6.20 Å². The van der Waals surface area contributed by atoms with Crippen LogP contribution in [0.25, 0.3) is 16.8 Å². The van der Waals surface area contributed by atoms with Gasteiger partial charge < -0.3 is 5.32 Å². The summed E-state index contributed by atoms with van der Waals surface area (Å²) in [6, 6.07) is 16.2. The van der Waals surface area contributed by atoms with Gasteiger partial charge in [0, 0.05) is 18.2 Å². The molecule has 0 unspecified atom stereocenters. The number of carbonyl (C=O) groups is 1. The summed E-state index contributed by atoms with van der Waals surface area (Å²) in [4.78, 5) is 12.2. The molecule has 1 N–H and O–H groups in total. The van der Waals surface area contributed by atoms with Crippen LogP contribution in [0.5, 0.6) is 0 Å². The third kappa shape index (κ3) is 3.31. The van der Waals surface area contributed by atoms with E-state index in [1.807, 2.05) is 44.2 Å². The summed E-state index contributed by atoms with van der Waals surface area (Å²) in [5, 5.41) is 9.36. The fourth-order valence-corrected chi connectivity index (χ4v) is 2.55. The molecular formula is C19H19N3O. The van der Waals surface area contributed by atoms with Crippen LogP contribution in [0, 0.1) is 0 Å². The third-order valence-electron chi connectivity index (χ3n) is 3.65. The van der Waals surface area contributed by atoms with Gasteiger partial charge in [-0.2, -0.15) is 5.10 Å². The number of hydrogen-bond donors (Lipinski definition) is 1. The molecule has 1 heterocycles. The van der Waals surface area contributed by atoms with E-state index in [1.165, 1.54) is 0 Å². The molecule has 1 aromatic heterocycles. The molecule has 3 aromatic rings. The number of rotatable bonds is 4. The van der Waals surface area contributed by atoms with E-state index in [0.29, 0.717) is 5.82 Å². The fourth-order valence-electron chi connectivity index (χ4n) is 2.55. The Balaban J connectivity index is 1.79. The summed E-state index contributed by atoms with van der Waals surface area (Å²) in [5.41, 5.74) is 1.02. The van der Waals surface area contributed by atoms with E-state index in [0.717, 1.165) is 16.3 Å². The van der Waals surface area contributed by atoms with Crippen molar-refractivity contribution in [2.45, 2.75) is 19.9 Å². The SMILES string of the molecule is CC(C)n1nccc1NC(=O)/C=C/c1cccc2ccccc12. The van der Waals surface area contributed by atoms with E-state index in [-0.39, 0.29) is 11.9 Å². The zero-order chi connectivity index (χ0) is 16.2. The van der Waals surface area contributed by atoms with Gasteiger partial charge in [0.15, 0.2) is 0 Å². The molecule has 0 aliphatic carbocycles. The van der Waals surface area contributed by atoms with Gasteiger partial charge in [-0.15, -0.1) is 0 Å². The number of nitrogens with zero attached hydrogens (tertiary/aromatic N) is 2. The molecule has 4 nitrogen and oxygen atoms in total. The molecule has 0 saturated heterocycles. The Morgan fingerprint density at radius 1 is 1.13 bits per heavy atom. The molecule has 0 aliphatic rings. The molecule has 2 aromatic carbocycles. The zero-order valence-corrected chi connectivity index (χ0v) is 13.2. The monoisotopic (exact) mass is 305 g/mol. The molecule has 0 spiro atoms.